The summed E-state index contributed by atoms with van der Waals surface area (Å²) in [7, 11) is -7.07. The van der Waals surface area contributed by atoms with Gasteiger partial charge in [-0.25, -0.2) is 21.6 Å². The number of nitrogens with one attached hydrogen (secondary N) is 1. The number of rotatable bonds is 6. The molecule has 0 aromatic rings. The molecule has 1 fully saturated rings. The number of sulfone groups is 1. The van der Waals surface area contributed by atoms with Crippen LogP contribution >= 0.6 is 11.6 Å². The van der Waals surface area contributed by atoms with E-state index in [0.717, 1.165) is 0 Å². The maximum Gasteiger partial charge on any atom is 0.306 e. The van der Waals surface area contributed by atoms with Gasteiger partial charge in [0.25, 0.3) is 0 Å². The minimum Gasteiger partial charge on any atom is -0.466 e. The van der Waals surface area contributed by atoms with E-state index in [1.54, 1.807) is 6.92 Å². The summed E-state index contributed by atoms with van der Waals surface area (Å²) in [4.78, 5) is 11.1. The summed E-state index contributed by atoms with van der Waals surface area (Å²) < 4.78 is 52.8. The lowest BCUT2D eigenvalue weighted by atomic mass is 10.3. The predicted molar refractivity (Wildman–Crippen MR) is 70.3 cm³/mol. The van der Waals surface area contributed by atoms with Gasteiger partial charge >= 0.3 is 5.97 Å². The van der Waals surface area contributed by atoms with Crippen molar-refractivity contribution in [3.05, 3.63) is 0 Å². The molecule has 7 nitrogen and oxygen atoms in total. The molecule has 0 amide bonds. The number of hydrogen-bond donors (Lipinski definition) is 1. The standard InChI is InChI=1S/C9H16ClNO6S2/c1-2-17-9(12)3-4-19(15,16)11-8-6-18(13,14)5-7(8)10/h7-8,11H,2-6H2,1H3. The molecule has 1 aliphatic heterocycles. The molecule has 0 spiro atoms. The molecule has 19 heavy (non-hydrogen) atoms. The molecule has 0 aromatic heterocycles. The van der Waals surface area contributed by atoms with Crippen LogP contribution in [-0.4, -0.2) is 58.1 Å². The van der Waals surface area contributed by atoms with E-state index < -0.39 is 43.0 Å². The van der Waals surface area contributed by atoms with Crippen LogP contribution in [0.5, 0.6) is 0 Å². The van der Waals surface area contributed by atoms with Gasteiger partial charge in [-0.3, -0.25) is 4.79 Å². The molecule has 0 aliphatic carbocycles. The molecule has 0 radical (unpaired) electrons. The highest BCUT2D eigenvalue weighted by molar-refractivity contribution is 7.92. The van der Waals surface area contributed by atoms with Crippen molar-refractivity contribution < 1.29 is 26.4 Å². The van der Waals surface area contributed by atoms with Gasteiger partial charge in [0.1, 0.15) is 0 Å². The normalized spacial score (nSPS) is 26.2. The first-order valence-electron chi connectivity index (χ1n) is 5.65. The molecule has 1 saturated heterocycles. The van der Waals surface area contributed by atoms with Crippen LogP contribution in [0.4, 0.5) is 0 Å². The van der Waals surface area contributed by atoms with Gasteiger partial charge < -0.3 is 4.74 Å². The number of sulfonamides is 1. The zero-order valence-corrected chi connectivity index (χ0v) is 12.7. The van der Waals surface area contributed by atoms with Gasteiger partial charge in [0.05, 0.1) is 41.7 Å². The van der Waals surface area contributed by atoms with E-state index in [2.05, 4.69) is 9.46 Å². The monoisotopic (exact) mass is 333 g/mol. The van der Waals surface area contributed by atoms with E-state index in [1.165, 1.54) is 0 Å². The minimum atomic E-state index is -3.76. The first-order valence-corrected chi connectivity index (χ1v) is 9.56. The Kier molecular flexibility index (Phi) is 5.60. The van der Waals surface area contributed by atoms with Crippen LogP contribution in [0.15, 0.2) is 0 Å². The molecule has 2 atom stereocenters. The third kappa shape index (κ3) is 5.64. The zero-order valence-electron chi connectivity index (χ0n) is 10.3. The highest BCUT2D eigenvalue weighted by Crippen LogP contribution is 2.18. The maximum absolute atomic E-state index is 11.7. The van der Waals surface area contributed by atoms with Crippen LogP contribution < -0.4 is 4.72 Å². The largest absolute Gasteiger partial charge is 0.466 e. The fourth-order valence-electron chi connectivity index (χ4n) is 1.65. The van der Waals surface area contributed by atoms with Gasteiger partial charge in [0.15, 0.2) is 9.84 Å². The Morgan fingerprint density at radius 3 is 2.53 bits per heavy atom. The summed E-state index contributed by atoms with van der Waals surface area (Å²) in [5.41, 5.74) is 0. The maximum atomic E-state index is 11.7. The van der Waals surface area contributed by atoms with Crippen molar-refractivity contribution in [1.29, 1.82) is 0 Å². The van der Waals surface area contributed by atoms with Crippen molar-refractivity contribution in [1.82, 2.24) is 4.72 Å². The topological polar surface area (TPSA) is 107 Å². The molecule has 112 valence electrons. The van der Waals surface area contributed by atoms with Crippen molar-refractivity contribution in [3.63, 3.8) is 0 Å². The third-order valence-corrected chi connectivity index (χ3v) is 6.27. The van der Waals surface area contributed by atoms with E-state index >= 15 is 0 Å². The van der Waals surface area contributed by atoms with Crippen molar-refractivity contribution >= 4 is 37.4 Å². The molecular formula is C9H16ClNO6S2. The van der Waals surface area contributed by atoms with E-state index in [0.29, 0.717) is 0 Å². The second-order valence-electron chi connectivity index (χ2n) is 4.19. The molecular weight excluding hydrogens is 318 g/mol. The van der Waals surface area contributed by atoms with Gasteiger partial charge in [-0.15, -0.1) is 11.6 Å². The van der Waals surface area contributed by atoms with Gasteiger partial charge in [0.2, 0.25) is 10.0 Å². The predicted octanol–water partition coefficient (Wildman–Crippen LogP) is -0.737. The van der Waals surface area contributed by atoms with Crippen molar-refractivity contribution in [2.24, 2.45) is 0 Å². The Balaban J connectivity index is 2.54. The van der Waals surface area contributed by atoms with Crippen molar-refractivity contribution in [3.8, 4) is 0 Å². The Hall–Kier alpha value is -0.380. The Bertz CT molecular complexity index is 529. The number of alkyl halides is 1. The lowest BCUT2D eigenvalue weighted by Gasteiger charge is -2.14. The summed E-state index contributed by atoms with van der Waals surface area (Å²) in [5, 5.41) is -0.789. The van der Waals surface area contributed by atoms with E-state index in [4.69, 9.17) is 11.6 Å². The van der Waals surface area contributed by atoms with Gasteiger partial charge in [-0.05, 0) is 6.92 Å². The summed E-state index contributed by atoms with van der Waals surface area (Å²) in [5.74, 6) is -1.64. The summed E-state index contributed by atoms with van der Waals surface area (Å²) in [6.07, 6.45) is -0.282. The fraction of sp³-hybridized carbons (Fsp3) is 0.889. The van der Waals surface area contributed by atoms with Crippen molar-refractivity contribution in [2.45, 2.75) is 24.8 Å². The van der Waals surface area contributed by atoms with Gasteiger partial charge in [0, 0.05) is 0 Å². The number of carbonyl (C=O) groups excluding carboxylic acids is 1. The number of hydrogen-bond acceptors (Lipinski definition) is 6. The first kappa shape index (κ1) is 16.7. The molecule has 1 N–H and O–H groups in total. The van der Waals surface area contributed by atoms with Gasteiger partial charge in [-0.1, -0.05) is 0 Å². The molecule has 1 heterocycles. The molecule has 0 bridgehead atoms. The summed E-state index contributed by atoms with van der Waals surface area (Å²) in [6, 6.07) is -0.848. The Morgan fingerprint density at radius 1 is 1.42 bits per heavy atom. The Labute approximate surface area is 117 Å². The number of halogens is 1. The van der Waals surface area contributed by atoms with Crippen LogP contribution in [0, 0.1) is 0 Å². The average Bonchev–Trinajstić information content (AvgIpc) is 2.49. The number of esters is 1. The van der Waals surface area contributed by atoms with E-state index in [-0.39, 0.29) is 24.5 Å². The second kappa shape index (κ2) is 6.38. The highest BCUT2D eigenvalue weighted by Gasteiger charge is 2.38. The van der Waals surface area contributed by atoms with Crippen LogP contribution in [0.2, 0.25) is 0 Å². The van der Waals surface area contributed by atoms with Crippen LogP contribution in [0.25, 0.3) is 0 Å². The van der Waals surface area contributed by atoms with Crippen molar-refractivity contribution in [2.75, 3.05) is 23.9 Å². The second-order valence-corrected chi connectivity index (χ2v) is 8.78. The summed E-state index contributed by atoms with van der Waals surface area (Å²) >= 11 is 5.78. The Morgan fingerprint density at radius 2 is 2.05 bits per heavy atom. The summed E-state index contributed by atoms with van der Waals surface area (Å²) in [6.45, 7) is 1.79. The SMILES string of the molecule is CCOC(=O)CCS(=O)(=O)NC1CS(=O)(=O)CC1Cl. The molecule has 1 aliphatic rings. The van der Waals surface area contributed by atoms with E-state index in [1.807, 2.05) is 0 Å². The fourth-order valence-corrected chi connectivity index (χ4v) is 5.65. The first-order chi connectivity index (χ1) is 8.65. The van der Waals surface area contributed by atoms with Crippen LogP contribution in [-0.2, 0) is 29.4 Å². The smallest absolute Gasteiger partial charge is 0.306 e. The molecule has 0 aromatic carbocycles. The number of ether oxygens (including phenoxy) is 1. The quantitative estimate of drug-likeness (QED) is 0.507. The lowest BCUT2D eigenvalue weighted by Crippen LogP contribution is -2.42. The molecule has 10 heteroatoms. The molecule has 1 rings (SSSR count). The van der Waals surface area contributed by atoms with Crippen LogP contribution in [0.3, 0.4) is 0 Å². The third-order valence-electron chi connectivity index (χ3n) is 2.49. The average molecular weight is 334 g/mol. The van der Waals surface area contributed by atoms with E-state index in [9.17, 15) is 21.6 Å². The number of carbonyl (C=O) groups is 1. The van der Waals surface area contributed by atoms with Crippen LogP contribution in [0.1, 0.15) is 13.3 Å². The lowest BCUT2D eigenvalue weighted by molar-refractivity contribution is -0.142. The molecule has 0 saturated carbocycles. The minimum absolute atomic E-state index is 0.178. The van der Waals surface area contributed by atoms with Gasteiger partial charge in [-0.2, -0.15) is 0 Å². The molecule has 2 unspecified atom stereocenters. The zero-order chi connectivity index (χ0) is 14.7. The highest BCUT2D eigenvalue weighted by atomic mass is 35.5.